The van der Waals surface area contributed by atoms with Crippen LogP contribution in [0.1, 0.15) is 37.6 Å². The Morgan fingerprint density at radius 3 is 2.60 bits per heavy atom. The molecule has 4 heteroatoms. The number of phenolic OH excluding ortho intramolecular Hbond substituents is 1. The van der Waals surface area contributed by atoms with Crippen LogP contribution in [-0.4, -0.2) is 14.9 Å². The molecule has 20 heavy (non-hydrogen) atoms. The zero-order valence-corrected chi connectivity index (χ0v) is 12.9. The van der Waals surface area contributed by atoms with E-state index in [9.17, 15) is 5.11 Å². The van der Waals surface area contributed by atoms with E-state index in [4.69, 9.17) is 0 Å². The van der Waals surface area contributed by atoms with Gasteiger partial charge in [-0.2, -0.15) is 5.10 Å². The van der Waals surface area contributed by atoms with E-state index in [0.29, 0.717) is 5.75 Å². The third-order valence-electron chi connectivity index (χ3n) is 3.29. The van der Waals surface area contributed by atoms with Gasteiger partial charge in [0.05, 0.1) is 5.69 Å². The van der Waals surface area contributed by atoms with E-state index in [1.807, 2.05) is 30.8 Å². The average molecular weight is 273 g/mol. The Morgan fingerprint density at radius 1 is 1.30 bits per heavy atom. The van der Waals surface area contributed by atoms with Crippen LogP contribution >= 0.6 is 0 Å². The molecule has 4 nitrogen and oxygen atoms in total. The number of nitrogens with one attached hydrogen (secondary N) is 1. The molecular weight excluding hydrogens is 250 g/mol. The highest BCUT2D eigenvalue weighted by molar-refractivity contribution is 5.50. The quantitative estimate of drug-likeness (QED) is 0.843. The summed E-state index contributed by atoms with van der Waals surface area (Å²) in [6, 6.07) is 5.55. The van der Waals surface area contributed by atoms with Gasteiger partial charge >= 0.3 is 0 Å². The summed E-state index contributed by atoms with van der Waals surface area (Å²) in [6.07, 6.45) is 2.06. The van der Waals surface area contributed by atoms with E-state index in [1.165, 1.54) is 5.56 Å². The van der Waals surface area contributed by atoms with Crippen LogP contribution in [0, 0.1) is 6.92 Å². The zero-order valence-electron chi connectivity index (χ0n) is 12.9. The van der Waals surface area contributed by atoms with E-state index < -0.39 is 0 Å². The number of hydrogen-bond donors (Lipinski definition) is 2. The van der Waals surface area contributed by atoms with Gasteiger partial charge in [0.25, 0.3) is 0 Å². The monoisotopic (exact) mass is 273 g/mol. The number of rotatable bonds is 3. The summed E-state index contributed by atoms with van der Waals surface area (Å²) in [5.74, 6) is 0.326. The van der Waals surface area contributed by atoms with Gasteiger partial charge in [-0.15, -0.1) is 0 Å². The van der Waals surface area contributed by atoms with E-state index >= 15 is 0 Å². The first kappa shape index (κ1) is 14.4. The van der Waals surface area contributed by atoms with Gasteiger partial charge in [0.15, 0.2) is 0 Å². The van der Waals surface area contributed by atoms with Crippen molar-refractivity contribution in [2.45, 2.75) is 39.7 Å². The molecule has 0 aliphatic rings. The molecule has 1 aromatic carbocycles. The number of aryl methyl sites for hydroxylation is 2. The SMILES string of the molecule is Cc1cc(NCc2cn(C)nc2C(C)(C)C)ccc1O. The summed E-state index contributed by atoms with van der Waals surface area (Å²) < 4.78 is 1.86. The fourth-order valence-corrected chi connectivity index (χ4v) is 2.26. The van der Waals surface area contributed by atoms with Crippen molar-refractivity contribution in [1.82, 2.24) is 9.78 Å². The van der Waals surface area contributed by atoms with Crippen LogP contribution in [0.25, 0.3) is 0 Å². The molecule has 2 aromatic rings. The van der Waals surface area contributed by atoms with Gasteiger partial charge in [-0.3, -0.25) is 4.68 Å². The van der Waals surface area contributed by atoms with Gasteiger partial charge in [0.1, 0.15) is 5.75 Å². The van der Waals surface area contributed by atoms with Crippen LogP contribution in [0.15, 0.2) is 24.4 Å². The van der Waals surface area contributed by atoms with E-state index in [0.717, 1.165) is 23.5 Å². The van der Waals surface area contributed by atoms with Crippen LogP contribution in [0.5, 0.6) is 5.75 Å². The van der Waals surface area contributed by atoms with Gasteiger partial charge in [-0.05, 0) is 30.7 Å². The molecule has 0 saturated heterocycles. The molecule has 1 heterocycles. The predicted molar refractivity (Wildman–Crippen MR) is 82.1 cm³/mol. The molecule has 2 rings (SSSR count). The molecule has 0 bridgehead atoms. The standard InChI is InChI=1S/C16H23N3O/c1-11-8-13(6-7-14(11)20)17-9-12-10-19(5)18-15(12)16(2,3)4/h6-8,10,17,20H,9H2,1-5H3. The topological polar surface area (TPSA) is 50.1 Å². The van der Waals surface area contributed by atoms with Crippen molar-refractivity contribution in [3.05, 3.63) is 41.2 Å². The number of anilines is 1. The summed E-state index contributed by atoms with van der Waals surface area (Å²) >= 11 is 0. The lowest BCUT2D eigenvalue weighted by Crippen LogP contribution is -2.16. The highest BCUT2D eigenvalue weighted by Crippen LogP contribution is 2.25. The number of phenols is 1. The normalized spacial score (nSPS) is 11.7. The van der Waals surface area contributed by atoms with Crippen molar-refractivity contribution in [3.63, 3.8) is 0 Å². The van der Waals surface area contributed by atoms with Crippen LogP contribution in [-0.2, 0) is 19.0 Å². The Labute approximate surface area is 120 Å². The first-order chi connectivity index (χ1) is 9.27. The molecule has 0 unspecified atom stereocenters. The van der Waals surface area contributed by atoms with E-state index in [-0.39, 0.29) is 5.41 Å². The zero-order chi connectivity index (χ0) is 14.9. The molecule has 108 valence electrons. The fraction of sp³-hybridized carbons (Fsp3) is 0.438. The van der Waals surface area contributed by atoms with Crippen LogP contribution in [0.4, 0.5) is 5.69 Å². The van der Waals surface area contributed by atoms with Crippen molar-refractivity contribution in [2.24, 2.45) is 7.05 Å². The predicted octanol–water partition coefficient (Wildman–Crippen LogP) is 3.34. The average Bonchev–Trinajstić information content (AvgIpc) is 2.72. The summed E-state index contributed by atoms with van der Waals surface area (Å²) in [7, 11) is 1.95. The summed E-state index contributed by atoms with van der Waals surface area (Å²) in [6.45, 7) is 9.13. The number of hydrogen-bond acceptors (Lipinski definition) is 3. The van der Waals surface area contributed by atoms with Crippen molar-refractivity contribution >= 4 is 5.69 Å². The van der Waals surface area contributed by atoms with Gasteiger partial charge in [-0.25, -0.2) is 0 Å². The van der Waals surface area contributed by atoms with Crippen molar-refractivity contribution in [3.8, 4) is 5.75 Å². The minimum absolute atomic E-state index is 0.0309. The molecule has 0 fully saturated rings. The third kappa shape index (κ3) is 3.13. The lowest BCUT2D eigenvalue weighted by Gasteiger charge is -2.18. The maximum atomic E-state index is 9.54. The molecule has 0 spiro atoms. The minimum Gasteiger partial charge on any atom is -0.508 e. The van der Waals surface area contributed by atoms with Crippen molar-refractivity contribution < 1.29 is 5.11 Å². The number of nitrogens with zero attached hydrogens (tertiary/aromatic N) is 2. The van der Waals surface area contributed by atoms with Gasteiger partial charge < -0.3 is 10.4 Å². The Kier molecular flexibility index (Phi) is 3.75. The lowest BCUT2D eigenvalue weighted by molar-refractivity contribution is 0.471. The van der Waals surface area contributed by atoms with Crippen LogP contribution in [0.2, 0.25) is 0 Å². The first-order valence-electron chi connectivity index (χ1n) is 6.84. The Hall–Kier alpha value is -1.97. The highest BCUT2D eigenvalue weighted by Gasteiger charge is 2.21. The van der Waals surface area contributed by atoms with Crippen molar-refractivity contribution in [2.75, 3.05) is 5.32 Å². The molecule has 1 aromatic heterocycles. The smallest absolute Gasteiger partial charge is 0.118 e. The molecule has 0 amide bonds. The van der Waals surface area contributed by atoms with E-state index in [2.05, 4.69) is 37.4 Å². The molecule has 0 atom stereocenters. The second kappa shape index (κ2) is 5.19. The van der Waals surface area contributed by atoms with Crippen LogP contribution < -0.4 is 5.32 Å². The lowest BCUT2D eigenvalue weighted by atomic mass is 9.89. The Morgan fingerprint density at radius 2 is 2.00 bits per heavy atom. The molecule has 2 N–H and O–H groups in total. The molecule has 0 aliphatic heterocycles. The largest absolute Gasteiger partial charge is 0.508 e. The van der Waals surface area contributed by atoms with Crippen molar-refractivity contribution in [1.29, 1.82) is 0 Å². The Bertz CT molecular complexity index is 609. The summed E-state index contributed by atoms with van der Waals surface area (Å²) in [5, 5.41) is 17.5. The Balaban J connectivity index is 2.17. The maximum absolute atomic E-state index is 9.54. The molecule has 0 saturated carbocycles. The third-order valence-corrected chi connectivity index (χ3v) is 3.29. The highest BCUT2D eigenvalue weighted by atomic mass is 16.3. The van der Waals surface area contributed by atoms with Gasteiger partial charge in [0, 0.05) is 36.5 Å². The number of aromatic nitrogens is 2. The van der Waals surface area contributed by atoms with Gasteiger partial charge in [-0.1, -0.05) is 20.8 Å². The van der Waals surface area contributed by atoms with Gasteiger partial charge in [0.2, 0.25) is 0 Å². The summed E-state index contributed by atoms with van der Waals surface area (Å²) in [5.41, 5.74) is 4.22. The second-order valence-electron chi connectivity index (χ2n) is 6.28. The van der Waals surface area contributed by atoms with Crippen LogP contribution in [0.3, 0.4) is 0 Å². The fourth-order valence-electron chi connectivity index (χ4n) is 2.26. The number of benzene rings is 1. The maximum Gasteiger partial charge on any atom is 0.118 e. The van der Waals surface area contributed by atoms with E-state index in [1.54, 1.807) is 6.07 Å². The summed E-state index contributed by atoms with van der Waals surface area (Å²) in [4.78, 5) is 0. The minimum atomic E-state index is 0.0309. The molecular formula is C16H23N3O. The second-order valence-corrected chi connectivity index (χ2v) is 6.28. The first-order valence-corrected chi connectivity index (χ1v) is 6.84. The molecule has 0 radical (unpaired) electrons. The number of aromatic hydroxyl groups is 1. The molecule has 0 aliphatic carbocycles.